The molecule has 7 nitrogen and oxygen atoms in total. The Bertz CT molecular complexity index is 913. The SMILES string of the molecule is Cc1cc(C2=CCNC(C(=O)C3NCC4(CC4)CC3C(=O)NO)C2)ccc1C#N. The summed E-state index contributed by atoms with van der Waals surface area (Å²) >= 11 is 0. The molecule has 1 saturated carbocycles. The average molecular weight is 394 g/mol. The number of benzene rings is 1. The van der Waals surface area contributed by atoms with E-state index in [0.717, 1.165) is 36.1 Å². The van der Waals surface area contributed by atoms with Crippen molar-refractivity contribution in [1.82, 2.24) is 16.1 Å². The van der Waals surface area contributed by atoms with E-state index in [9.17, 15) is 9.59 Å². The highest BCUT2D eigenvalue weighted by Gasteiger charge is 2.52. The van der Waals surface area contributed by atoms with Crippen LogP contribution in [0.1, 0.15) is 42.4 Å². The molecular formula is C22H26N4O3. The number of nitrogens with zero attached hydrogens (tertiary/aromatic N) is 1. The van der Waals surface area contributed by atoms with Gasteiger partial charge < -0.3 is 10.6 Å². The number of ketones is 1. The molecule has 1 amide bonds. The maximum Gasteiger partial charge on any atom is 0.248 e. The summed E-state index contributed by atoms with van der Waals surface area (Å²) in [6.45, 7) is 3.21. The van der Waals surface area contributed by atoms with Gasteiger partial charge in [0, 0.05) is 13.1 Å². The van der Waals surface area contributed by atoms with Crippen molar-refractivity contribution in [3.8, 4) is 6.07 Å². The van der Waals surface area contributed by atoms with Gasteiger partial charge in [0.05, 0.1) is 29.6 Å². The minimum Gasteiger partial charge on any atom is -0.306 e. The highest BCUT2D eigenvalue weighted by molar-refractivity contribution is 5.96. The van der Waals surface area contributed by atoms with E-state index in [-0.39, 0.29) is 11.2 Å². The van der Waals surface area contributed by atoms with Crippen LogP contribution in [0.25, 0.3) is 5.57 Å². The lowest BCUT2D eigenvalue weighted by Gasteiger charge is -2.37. The molecular weight excluding hydrogens is 368 g/mol. The highest BCUT2D eigenvalue weighted by atomic mass is 16.5. The number of hydrogen-bond acceptors (Lipinski definition) is 6. The van der Waals surface area contributed by atoms with E-state index in [1.807, 2.05) is 25.1 Å². The van der Waals surface area contributed by atoms with Gasteiger partial charge in [-0.15, -0.1) is 0 Å². The standard InChI is InChI=1S/C22H26N4O3/c1-13-8-14(2-3-16(13)11-23)15-4-7-24-18(9-15)20(27)19-17(21(28)26-29)10-22(5-6-22)12-25-19/h2-4,8,17-19,24-25,29H,5-7,9-10,12H2,1H3,(H,26,28). The van der Waals surface area contributed by atoms with E-state index in [1.165, 1.54) is 0 Å². The third-order valence-electron chi connectivity index (χ3n) is 6.66. The van der Waals surface area contributed by atoms with Gasteiger partial charge in [-0.2, -0.15) is 5.26 Å². The van der Waals surface area contributed by atoms with Crippen molar-refractivity contribution in [3.05, 3.63) is 41.0 Å². The summed E-state index contributed by atoms with van der Waals surface area (Å²) in [7, 11) is 0. The zero-order valence-corrected chi connectivity index (χ0v) is 16.5. The molecule has 1 saturated heterocycles. The zero-order valence-electron chi connectivity index (χ0n) is 16.5. The molecule has 2 aliphatic heterocycles. The van der Waals surface area contributed by atoms with E-state index < -0.39 is 23.9 Å². The van der Waals surface area contributed by atoms with Crippen molar-refractivity contribution in [1.29, 1.82) is 5.26 Å². The molecule has 4 rings (SSSR count). The summed E-state index contributed by atoms with van der Waals surface area (Å²) < 4.78 is 0. The first-order valence-corrected chi connectivity index (χ1v) is 10.1. The molecule has 1 aromatic carbocycles. The number of nitriles is 1. The van der Waals surface area contributed by atoms with Crippen LogP contribution in [0, 0.1) is 29.6 Å². The van der Waals surface area contributed by atoms with Crippen LogP contribution in [0.4, 0.5) is 0 Å². The Morgan fingerprint density at radius 2 is 2.10 bits per heavy atom. The molecule has 152 valence electrons. The van der Waals surface area contributed by atoms with Crippen LogP contribution in [-0.2, 0) is 9.59 Å². The van der Waals surface area contributed by atoms with E-state index in [1.54, 1.807) is 5.48 Å². The first kappa shape index (κ1) is 19.8. The Morgan fingerprint density at radius 1 is 1.31 bits per heavy atom. The second kappa shape index (κ2) is 7.71. The average Bonchev–Trinajstić information content (AvgIpc) is 3.51. The number of hydrogen-bond donors (Lipinski definition) is 4. The van der Waals surface area contributed by atoms with Crippen LogP contribution in [0.2, 0.25) is 0 Å². The van der Waals surface area contributed by atoms with Gasteiger partial charge >= 0.3 is 0 Å². The van der Waals surface area contributed by atoms with Gasteiger partial charge in [0.25, 0.3) is 0 Å². The Morgan fingerprint density at radius 3 is 2.76 bits per heavy atom. The second-order valence-corrected chi connectivity index (χ2v) is 8.58. The third-order valence-corrected chi connectivity index (χ3v) is 6.66. The number of piperidine rings is 1. The van der Waals surface area contributed by atoms with E-state index in [2.05, 4.69) is 22.8 Å². The molecule has 3 aliphatic rings. The van der Waals surface area contributed by atoms with Crippen molar-refractivity contribution in [2.75, 3.05) is 13.1 Å². The molecule has 1 aliphatic carbocycles. The number of carbonyl (C=O) groups is 2. The summed E-state index contributed by atoms with van der Waals surface area (Å²) in [5, 5.41) is 24.8. The van der Waals surface area contributed by atoms with Gasteiger partial charge in [0.2, 0.25) is 5.91 Å². The fraction of sp³-hybridized carbons (Fsp3) is 0.500. The topological polar surface area (TPSA) is 114 Å². The normalized spacial score (nSPS) is 27.6. The van der Waals surface area contributed by atoms with Crippen LogP contribution in [0.15, 0.2) is 24.3 Å². The second-order valence-electron chi connectivity index (χ2n) is 8.58. The van der Waals surface area contributed by atoms with Gasteiger partial charge in [-0.3, -0.25) is 14.8 Å². The maximum absolute atomic E-state index is 13.3. The molecule has 7 heteroatoms. The Hall–Kier alpha value is -2.53. The van der Waals surface area contributed by atoms with Gasteiger partial charge in [-0.1, -0.05) is 18.2 Å². The van der Waals surface area contributed by atoms with Gasteiger partial charge in [0.1, 0.15) is 0 Å². The summed E-state index contributed by atoms with van der Waals surface area (Å²) in [6.07, 6.45) is 5.34. The number of Topliss-reactive ketones (excluding diaryl/α,β-unsaturated/α-hetero) is 1. The van der Waals surface area contributed by atoms with Gasteiger partial charge in [0.15, 0.2) is 5.78 Å². The van der Waals surface area contributed by atoms with Crippen LogP contribution in [-0.4, -0.2) is 42.1 Å². The van der Waals surface area contributed by atoms with Crippen molar-refractivity contribution >= 4 is 17.3 Å². The summed E-state index contributed by atoms with van der Waals surface area (Å²) in [6, 6.07) is 6.88. The lowest BCUT2D eigenvalue weighted by Crippen LogP contribution is -2.59. The maximum atomic E-state index is 13.3. The van der Waals surface area contributed by atoms with Crippen molar-refractivity contribution in [3.63, 3.8) is 0 Å². The van der Waals surface area contributed by atoms with E-state index in [4.69, 9.17) is 10.5 Å². The Kier molecular flexibility index (Phi) is 5.26. The van der Waals surface area contributed by atoms with Crippen molar-refractivity contribution in [2.45, 2.75) is 44.7 Å². The molecule has 1 spiro atoms. The van der Waals surface area contributed by atoms with Gasteiger partial charge in [-0.25, -0.2) is 5.48 Å². The molecule has 0 radical (unpaired) electrons. The predicted molar refractivity (Wildman–Crippen MR) is 107 cm³/mol. The number of carbonyl (C=O) groups excluding carboxylic acids is 2. The molecule has 4 N–H and O–H groups in total. The number of hydroxylamine groups is 1. The lowest BCUT2D eigenvalue weighted by molar-refractivity contribution is -0.140. The number of rotatable bonds is 4. The molecule has 0 aromatic heterocycles. The van der Waals surface area contributed by atoms with Crippen LogP contribution >= 0.6 is 0 Å². The fourth-order valence-electron chi connectivity index (χ4n) is 4.65. The number of amides is 1. The Balaban J connectivity index is 1.50. The molecule has 3 atom stereocenters. The first-order valence-electron chi connectivity index (χ1n) is 10.1. The molecule has 2 fully saturated rings. The van der Waals surface area contributed by atoms with Crippen LogP contribution in [0.3, 0.4) is 0 Å². The predicted octanol–water partition coefficient (Wildman–Crippen LogP) is 1.44. The highest BCUT2D eigenvalue weighted by Crippen LogP contribution is 2.52. The number of aryl methyl sites for hydroxylation is 1. The third kappa shape index (κ3) is 3.84. The molecule has 29 heavy (non-hydrogen) atoms. The largest absolute Gasteiger partial charge is 0.306 e. The zero-order chi connectivity index (χ0) is 20.6. The first-order chi connectivity index (χ1) is 14.0. The monoisotopic (exact) mass is 394 g/mol. The van der Waals surface area contributed by atoms with Crippen molar-refractivity contribution < 1.29 is 14.8 Å². The minimum atomic E-state index is -0.604. The molecule has 0 bridgehead atoms. The quantitative estimate of drug-likeness (QED) is 0.454. The smallest absolute Gasteiger partial charge is 0.248 e. The molecule has 1 aromatic rings. The number of nitrogens with one attached hydrogen (secondary N) is 3. The van der Waals surface area contributed by atoms with Gasteiger partial charge in [-0.05, 0) is 60.8 Å². The van der Waals surface area contributed by atoms with Crippen molar-refractivity contribution in [2.24, 2.45) is 11.3 Å². The molecule has 2 heterocycles. The summed E-state index contributed by atoms with van der Waals surface area (Å²) in [5.74, 6) is -1.08. The van der Waals surface area contributed by atoms with Crippen LogP contribution < -0.4 is 16.1 Å². The lowest BCUT2D eigenvalue weighted by atomic mass is 9.78. The minimum absolute atomic E-state index is 0.0370. The fourth-order valence-corrected chi connectivity index (χ4v) is 4.65. The van der Waals surface area contributed by atoms with E-state index >= 15 is 0 Å². The van der Waals surface area contributed by atoms with Crippen LogP contribution in [0.5, 0.6) is 0 Å². The summed E-state index contributed by atoms with van der Waals surface area (Å²) in [4.78, 5) is 25.6. The summed E-state index contributed by atoms with van der Waals surface area (Å²) in [5.41, 5.74) is 5.50. The van der Waals surface area contributed by atoms with E-state index in [0.29, 0.717) is 24.9 Å². The molecule has 3 unspecified atom stereocenters. The Labute approximate surface area is 170 Å².